The summed E-state index contributed by atoms with van der Waals surface area (Å²) >= 11 is 0. The van der Waals surface area contributed by atoms with Crippen molar-refractivity contribution in [1.29, 1.82) is 0 Å². The van der Waals surface area contributed by atoms with Crippen LogP contribution in [0.5, 0.6) is 17.2 Å². The van der Waals surface area contributed by atoms with Crippen molar-refractivity contribution < 1.29 is 9.84 Å². The summed E-state index contributed by atoms with van der Waals surface area (Å²) < 4.78 is 6.64. The summed E-state index contributed by atoms with van der Waals surface area (Å²) in [4.78, 5) is 6.43. The Labute approximate surface area is 191 Å². The van der Waals surface area contributed by atoms with Gasteiger partial charge in [-0.3, -0.25) is 0 Å². The quantitative estimate of drug-likeness (QED) is 0.422. The van der Waals surface area contributed by atoms with Crippen molar-refractivity contribution in [2.75, 3.05) is 56.0 Å². The number of fused-ring (bicyclic) bond motifs is 2. The van der Waals surface area contributed by atoms with E-state index >= 15 is 0 Å². The van der Waals surface area contributed by atoms with E-state index in [-0.39, 0.29) is 5.75 Å². The van der Waals surface area contributed by atoms with Gasteiger partial charge in [0.25, 0.3) is 0 Å². The number of aromatic hydroxyl groups is 1. The largest absolute Gasteiger partial charge is 0.507 e. The Morgan fingerprint density at radius 2 is 1.47 bits per heavy atom. The van der Waals surface area contributed by atoms with Crippen molar-refractivity contribution in [1.82, 2.24) is 0 Å². The third-order valence-electron chi connectivity index (χ3n) is 6.22. The van der Waals surface area contributed by atoms with Gasteiger partial charge in [0, 0.05) is 76.4 Å². The number of phenols is 1. The van der Waals surface area contributed by atoms with E-state index in [0.29, 0.717) is 0 Å². The fourth-order valence-corrected chi connectivity index (χ4v) is 4.53. The molecule has 1 N–H and O–H groups in total. The lowest BCUT2D eigenvalue weighted by Gasteiger charge is -2.30. The monoisotopic (exact) mass is 431 g/mol. The van der Waals surface area contributed by atoms with Crippen LogP contribution in [0.4, 0.5) is 17.1 Å². The zero-order chi connectivity index (χ0) is 23.0. The van der Waals surface area contributed by atoms with Crippen molar-refractivity contribution >= 4 is 17.1 Å². The first-order valence-electron chi connectivity index (χ1n) is 11.2. The Bertz CT molecular complexity index is 1130. The number of hydrogen-bond acceptors (Lipinski definition) is 5. The standard InChI is InChI=1S/C27H33N3O2/c1-7-30(8-2)20-14-12-18-16-19-13-15-22(29(5)6)26(27(19)32-24(18)17-20)25-21(28(3)4)10-9-11-23(25)31/h9-15,17,31H,7-8,16H2,1-6H3. The molecular formula is C27H33N3O2. The van der Waals surface area contributed by atoms with Crippen LogP contribution in [0, 0.1) is 0 Å². The lowest BCUT2D eigenvalue weighted by molar-refractivity contribution is 0.459. The van der Waals surface area contributed by atoms with Crippen LogP contribution in [-0.2, 0) is 6.42 Å². The highest BCUT2D eigenvalue weighted by atomic mass is 16.5. The van der Waals surface area contributed by atoms with Crippen LogP contribution in [0.25, 0.3) is 11.1 Å². The molecule has 0 bridgehead atoms. The van der Waals surface area contributed by atoms with E-state index in [2.05, 4.69) is 54.0 Å². The van der Waals surface area contributed by atoms with Gasteiger partial charge in [0.15, 0.2) is 0 Å². The molecule has 0 amide bonds. The molecule has 0 aromatic heterocycles. The molecule has 0 fully saturated rings. The van der Waals surface area contributed by atoms with Crippen molar-refractivity contribution in [2.45, 2.75) is 20.3 Å². The zero-order valence-electron chi connectivity index (χ0n) is 19.9. The van der Waals surface area contributed by atoms with Crippen LogP contribution in [0.3, 0.4) is 0 Å². The molecule has 168 valence electrons. The van der Waals surface area contributed by atoms with E-state index in [0.717, 1.165) is 59.1 Å². The molecule has 1 heterocycles. The molecule has 0 saturated heterocycles. The predicted octanol–water partition coefficient (Wildman–Crippen LogP) is 5.73. The molecular weight excluding hydrogens is 398 g/mol. The molecule has 4 rings (SSSR count). The summed E-state index contributed by atoms with van der Waals surface area (Å²) in [5, 5.41) is 11.0. The van der Waals surface area contributed by atoms with E-state index in [9.17, 15) is 5.11 Å². The summed E-state index contributed by atoms with van der Waals surface area (Å²) in [7, 11) is 8.04. The van der Waals surface area contributed by atoms with E-state index in [4.69, 9.17) is 4.74 Å². The Hall–Kier alpha value is -3.34. The SMILES string of the molecule is CCN(CC)c1ccc2c(c1)Oc1c(ccc(N(C)C)c1-c1c(O)cccc1N(C)C)C2. The van der Waals surface area contributed by atoms with Crippen LogP contribution in [0.1, 0.15) is 25.0 Å². The minimum atomic E-state index is 0.249. The van der Waals surface area contributed by atoms with E-state index < -0.39 is 0 Å². The van der Waals surface area contributed by atoms with Crippen molar-refractivity contribution in [3.63, 3.8) is 0 Å². The summed E-state index contributed by atoms with van der Waals surface area (Å²) in [5.74, 6) is 1.96. The summed E-state index contributed by atoms with van der Waals surface area (Å²) in [6.07, 6.45) is 0.800. The Kier molecular flexibility index (Phi) is 5.92. The molecule has 0 unspecified atom stereocenters. The molecule has 1 aliphatic heterocycles. The first-order chi connectivity index (χ1) is 15.3. The molecule has 32 heavy (non-hydrogen) atoms. The molecule has 0 aliphatic carbocycles. The van der Waals surface area contributed by atoms with Gasteiger partial charge in [0.2, 0.25) is 0 Å². The van der Waals surface area contributed by atoms with Crippen LogP contribution in [0.2, 0.25) is 0 Å². The Morgan fingerprint density at radius 1 is 0.812 bits per heavy atom. The third-order valence-corrected chi connectivity index (χ3v) is 6.22. The van der Waals surface area contributed by atoms with Gasteiger partial charge >= 0.3 is 0 Å². The number of phenolic OH excluding ortho intramolecular Hbond substituents is 1. The average molecular weight is 432 g/mol. The van der Waals surface area contributed by atoms with Crippen molar-refractivity contribution in [2.24, 2.45) is 0 Å². The first kappa shape index (κ1) is 21.9. The van der Waals surface area contributed by atoms with Gasteiger partial charge in [-0.05, 0) is 43.7 Å². The molecule has 5 heteroatoms. The van der Waals surface area contributed by atoms with Gasteiger partial charge in [-0.15, -0.1) is 0 Å². The van der Waals surface area contributed by atoms with Gasteiger partial charge in [-0.2, -0.15) is 0 Å². The summed E-state index contributed by atoms with van der Waals surface area (Å²) in [5.41, 5.74) is 7.15. The van der Waals surface area contributed by atoms with Crippen molar-refractivity contribution in [3.8, 4) is 28.4 Å². The lowest BCUT2D eigenvalue weighted by Crippen LogP contribution is -2.22. The van der Waals surface area contributed by atoms with Crippen LogP contribution < -0.4 is 19.4 Å². The summed E-state index contributed by atoms with van der Waals surface area (Å²) in [6, 6.07) is 16.4. The van der Waals surface area contributed by atoms with Crippen LogP contribution in [-0.4, -0.2) is 46.4 Å². The second kappa shape index (κ2) is 8.65. The van der Waals surface area contributed by atoms with Gasteiger partial charge in [-0.1, -0.05) is 18.2 Å². The highest BCUT2D eigenvalue weighted by Gasteiger charge is 2.27. The molecule has 0 radical (unpaired) electrons. The predicted molar refractivity (Wildman–Crippen MR) is 135 cm³/mol. The molecule has 0 saturated carbocycles. The minimum absolute atomic E-state index is 0.249. The number of hydrogen-bond donors (Lipinski definition) is 1. The minimum Gasteiger partial charge on any atom is -0.507 e. The number of nitrogens with zero attached hydrogens (tertiary/aromatic N) is 3. The zero-order valence-corrected chi connectivity index (χ0v) is 19.9. The van der Waals surface area contributed by atoms with Gasteiger partial charge in [0.1, 0.15) is 17.2 Å². The fourth-order valence-electron chi connectivity index (χ4n) is 4.53. The highest BCUT2D eigenvalue weighted by molar-refractivity contribution is 5.95. The maximum absolute atomic E-state index is 11.0. The molecule has 1 aliphatic rings. The normalized spacial score (nSPS) is 11.9. The van der Waals surface area contributed by atoms with E-state index in [1.165, 1.54) is 11.3 Å². The van der Waals surface area contributed by atoms with Crippen LogP contribution >= 0.6 is 0 Å². The maximum Gasteiger partial charge on any atom is 0.141 e. The third kappa shape index (κ3) is 3.72. The second-order valence-electron chi connectivity index (χ2n) is 8.65. The second-order valence-corrected chi connectivity index (χ2v) is 8.65. The van der Waals surface area contributed by atoms with E-state index in [1.54, 1.807) is 6.07 Å². The molecule has 3 aromatic carbocycles. The Morgan fingerprint density at radius 3 is 2.12 bits per heavy atom. The van der Waals surface area contributed by atoms with E-state index in [1.807, 2.05) is 45.2 Å². The smallest absolute Gasteiger partial charge is 0.141 e. The summed E-state index contributed by atoms with van der Waals surface area (Å²) in [6.45, 7) is 6.24. The molecule has 3 aromatic rings. The number of benzene rings is 3. The number of rotatable bonds is 6. The topological polar surface area (TPSA) is 39.2 Å². The Balaban J connectivity index is 1.93. The van der Waals surface area contributed by atoms with Gasteiger partial charge in [0.05, 0.1) is 11.1 Å². The number of anilines is 3. The average Bonchev–Trinajstić information content (AvgIpc) is 2.77. The van der Waals surface area contributed by atoms with Crippen molar-refractivity contribution in [3.05, 3.63) is 59.7 Å². The molecule has 0 atom stereocenters. The van der Waals surface area contributed by atoms with Crippen LogP contribution in [0.15, 0.2) is 48.5 Å². The highest BCUT2D eigenvalue weighted by Crippen LogP contribution is 2.52. The number of ether oxygens (including phenoxy) is 1. The molecule has 0 spiro atoms. The van der Waals surface area contributed by atoms with Gasteiger partial charge < -0.3 is 24.5 Å². The fraction of sp³-hybridized carbons (Fsp3) is 0.333. The lowest BCUT2D eigenvalue weighted by atomic mass is 9.91. The first-order valence-corrected chi connectivity index (χ1v) is 11.2. The van der Waals surface area contributed by atoms with Gasteiger partial charge in [-0.25, -0.2) is 0 Å². The maximum atomic E-state index is 11.0. The molecule has 5 nitrogen and oxygen atoms in total.